The number of fused-ring (bicyclic) bond motifs is 1. The van der Waals surface area contributed by atoms with Crippen molar-refractivity contribution in [1.82, 2.24) is 15.2 Å². The van der Waals surface area contributed by atoms with Gasteiger partial charge in [-0.15, -0.1) is 0 Å². The number of carbonyl (C=O) groups excluding carboxylic acids is 1. The SMILES string of the molecule is Cc1[nH]c2ccccc2c1CC(=O)NCC1(N(C)C)CCCCC1. The molecule has 130 valence electrons. The number of likely N-dealkylation sites (N-methyl/N-ethyl adjacent to an activating group) is 1. The van der Waals surface area contributed by atoms with E-state index in [0.717, 1.165) is 28.7 Å². The average molecular weight is 327 g/mol. The lowest BCUT2D eigenvalue weighted by Crippen LogP contribution is -2.54. The Balaban J connectivity index is 1.68. The highest BCUT2D eigenvalue weighted by atomic mass is 16.1. The van der Waals surface area contributed by atoms with Gasteiger partial charge in [-0.25, -0.2) is 0 Å². The van der Waals surface area contributed by atoms with E-state index in [1.165, 1.54) is 32.1 Å². The Hall–Kier alpha value is -1.81. The first kappa shape index (κ1) is 17.0. The second-order valence-electron chi connectivity index (χ2n) is 7.41. The number of aromatic nitrogens is 1. The summed E-state index contributed by atoms with van der Waals surface area (Å²) in [6.45, 7) is 2.80. The molecule has 1 aliphatic carbocycles. The Morgan fingerprint density at radius 2 is 1.92 bits per heavy atom. The molecule has 3 rings (SSSR count). The molecule has 0 saturated heterocycles. The lowest BCUT2D eigenvalue weighted by Gasteiger charge is -2.43. The normalized spacial score (nSPS) is 17.3. The predicted octanol–water partition coefficient (Wildman–Crippen LogP) is 3.40. The fourth-order valence-electron chi connectivity index (χ4n) is 4.04. The van der Waals surface area contributed by atoms with Crippen LogP contribution in [0.4, 0.5) is 0 Å². The highest BCUT2D eigenvalue weighted by Gasteiger charge is 2.34. The van der Waals surface area contributed by atoms with Gasteiger partial charge in [-0.05, 0) is 45.5 Å². The van der Waals surface area contributed by atoms with Gasteiger partial charge in [-0.1, -0.05) is 37.5 Å². The van der Waals surface area contributed by atoms with E-state index in [0.29, 0.717) is 6.42 Å². The van der Waals surface area contributed by atoms with E-state index >= 15 is 0 Å². The summed E-state index contributed by atoms with van der Waals surface area (Å²) < 4.78 is 0. The summed E-state index contributed by atoms with van der Waals surface area (Å²) in [4.78, 5) is 18.3. The molecule has 1 fully saturated rings. The molecular weight excluding hydrogens is 298 g/mol. The molecule has 1 amide bonds. The minimum atomic E-state index is 0.120. The molecule has 1 aromatic heterocycles. The van der Waals surface area contributed by atoms with E-state index in [1.54, 1.807) is 0 Å². The molecule has 0 radical (unpaired) electrons. The molecule has 1 aliphatic rings. The Labute approximate surface area is 144 Å². The molecule has 4 heteroatoms. The summed E-state index contributed by atoms with van der Waals surface area (Å²) in [5.41, 5.74) is 3.44. The van der Waals surface area contributed by atoms with E-state index in [-0.39, 0.29) is 11.4 Å². The van der Waals surface area contributed by atoms with Crippen molar-refractivity contribution >= 4 is 16.8 Å². The first-order chi connectivity index (χ1) is 11.5. The number of rotatable bonds is 5. The molecule has 4 nitrogen and oxygen atoms in total. The zero-order valence-electron chi connectivity index (χ0n) is 15.1. The van der Waals surface area contributed by atoms with Gasteiger partial charge in [0.2, 0.25) is 5.91 Å². The fraction of sp³-hybridized carbons (Fsp3) is 0.550. The Kier molecular flexibility index (Phi) is 4.95. The molecule has 0 bridgehead atoms. The number of hydrogen-bond acceptors (Lipinski definition) is 2. The number of benzene rings is 1. The molecule has 2 aromatic rings. The van der Waals surface area contributed by atoms with Gasteiger partial charge in [-0.3, -0.25) is 4.79 Å². The largest absolute Gasteiger partial charge is 0.358 e. The third kappa shape index (κ3) is 3.34. The van der Waals surface area contributed by atoms with Gasteiger partial charge in [-0.2, -0.15) is 0 Å². The minimum absolute atomic E-state index is 0.120. The number of para-hydroxylation sites is 1. The topological polar surface area (TPSA) is 48.1 Å². The van der Waals surface area contributed by atoms with E-state index in [1.807, 2.05) is 19.1 Å². The first-order valence-electron chi connectivity index (χ1n) is 9.02. The summed E-state index contributed by atoms with van der Waals surface area (Å²) in [7, 11) is 4.28. The van der Waals surface area contributed by atoms with Gasteiger partial charge < -0.3 is 15.2 Å². The quantitative estimate of drug-likeness (QED) is 0.884. The lowest BCUT2D eigenvalue weighted by molar-refractivity contribution is -0.121. The average Bonchev–Trinajstić information content (AvgIpc) is 2.89. The van der Waals surface area contributed by atoms with Crippen molar-refractivity contribution in [2.24, 2.45) is 0 Å². The number of H-pyrrole nitrogens is 1. The van der Waals surface area contributed by atoms with Crippen LogP contribution in [0.2, 0.25) is 0 Å². The number of aromatic amines is 1. The molecule has 2 N–H and O–H groups in total. The highest BCUT2D eigenvalue weighted by Crippen LogP contribution is 2.31. The summed E-state index contributed by atoms with van der Waals surface area (Å²) in [5.74, 6) is 0.120. The molecule has 1 aromatic carbocycles. The van der Waals surface area contributed by atoms with Crippen LogP contribution in [0, 0.1) is 6.92 Å². The number of nitrogens with zero attached hydrogens (tertiary/aromatic N) is 1. The smallest absolute Gasteiger partial charge is 0.224 e. The highest BCUT2D eigenvalue weighted by molar-refractivity contribution is 5.90. The lowest BCUT2D eigenvalue weighted by atomic mass is 9.80. The van der Waals surface area contributed by atoms with Crippen molar-refractivity contribution in [1.29, 1.82) is 0 Å². The van der Waals surface area contributed by atoms with Crippen LogP contribution in [-0.2, 0) is 11.2 Å². The van der Waals surface area contributed by atoms with E-state index in [4.69, 9.17) is 0 Å². The van der Waals surface area contributed by atoms with Crippen molar-refractivity contribution < 1.29 is 4.79 Å². The fourth-order valence-corrected chi connectivity index (χ4v) is 4.04. The van der Waals surface area contributed by atoms with Gasteiger partial charge in [0.25, 0.3) is 0 Å². The summed E-state index contributed by atoms with van der Waals surface area (Å²) in [6.07, 6.45) is 6.63. The first-order valence-corrected chi connectivity index (χ1v) is 9.02. The van der Waals surface area contributed by atoms with Crippen molar-refractivity contribution in [3.63, 3.8) is 0 Å². The van der Waals surface area contributed by atoms with Crippen molar-refractivity contribution in [2.75, 3.05) is 20.6 Å². The second-order valence-corrected chi connectivity index (χ2v) is 7.41. The van der Waals surface area contributed by atoms with Crippen LogP contribution < -0.4 is 5.32 Å². The zero-order valence-corrected chi connectivity index (χ0v) is 15.1. The zero-order chi connectivity index (χ0) is 17.2. The van der Waals surface area contributed by atoms with Crippen molar-refractivity contribution in [3.05, 3.63) is 35.5 Å². The van der Waals surface area contributed by atoms with E-state index in [9.17, 15) is 4.79 Å². The maximum atomic E-state index is 12.6. The van der Waals surface area contributed by atoms with E-state index in [2.05, 4.69) is 41.4 Å². The Morgan fingerprint density at radius 1 is 1.21 bits per heavy atom. The van der Waals surface area contributed by atoms with Gasteiger partial charge in [0.15, 0.2) is 0 Å². The van der Waals surface area contributed by atoms with E-state index < -0.39 is 0 Å². The maximum Gasteiger partial charge on any atom is 0.224 e. The molecule has 0 atom stereocenters. The number of hydrogen-bond donors (Lipinski definition) is 2. The standard InChI is InChI=1S/C20H29N3O/c1-15-17(16-9-5-6-10-18(16)22-15)13-19(24)21-14-20(23(2)3)11-7-4-8-12-20/h5-6,9-10,22H,4,7-8,11-14H2,1-3H3,(H,21,24). The van der Waals surface area contributed by atoms with Crippen LogP contribution in [0.1, 0.15) is 43.4 Å². The molecule has 0 unspecified atom stereocenters. The predicted molar refractivity (Wildman–Crippen MR) is 99.3 cm³/mol. The number of carbonyl (C=O) groups is 1. The molecule has 1 saturated carbocycles. The van der Waals surface area contributed by atoms with Gasteiger partial charge in [0.1, 0.15) is 0 Å². The van der Waals surface area contributed by atoms with Gasteiger partial charge in [0, 0.05) is 28.7 Å². The van der Waals surface area contributed by atoms with Crippen LogP contribution in [0.25, 0.3) is 10.9 Å². The monoisotopic (exact) mass is 327 g/mol. The van der Waals surface area contributed by atoms with Crippen LogP contribution >= 0.6 is 0 Å². The van der Waals surface area contributed by atoms with Gasteiger partial charge in [0.05, 0.1) is 6.42 Å². The van der Waals surface area contributed by atoms with Crippen LogP contribution in [0.5, 0.6) is 0 Å². The number of nitrogens with one attached hydrogen (secondary N) is 2. The summed E-state index contributed by atoms with van der Waals surface area (Å²) >= 11 is 0. The van der Waals surface area contributed by atoms with Crippen LogP contribution in [0.15, 0.2) is 24.3 Å². The number of amides is 1. The molecule has 0 spiro atoms. The summed E-state index contributed by atoms with van der Waals surface area (Å²) in [6, 6.07) is 8.20. The number of aryl methyl sites for hydroxylation is 1. The third-order valence-corrected chi connectivity index (χ3v) is 5.71. The third-order valence-electron chi connectivity index (χ3n) is 5.71. The van der Waals surface area contributed by atoms with Gasteiger partial charge >= 0.3 is 0 Å². The Morgan fingerprint density at radius 3 is 2.62 bits per heavy atom. The Bertz CT molecular complexity index is 711. The maximum absolute atomic E-state index is 12.6. The van der Waals surface area contributed by atoms with Crippen LogP contribution in [-0.4, -0.2) is 42.0 Å². The second kappa shape index (κ2) is 6.98. The molecule has 24 heavy (non-hydrogen) atoms. The molecular formula is C20H29N3O. The van der Waals surface area contributed by atoms with Crippen molar-refractivity contribution in [3.8, 4) is 0 Å². The molecule has 0 aliphatic heterocycles. The van der Waals surface area contributed by atoms with Crippen LogP contribution in [0.3, 0.4) is 0 Å². The summed E-state index contributed by atoms with van der Waals surface area (Å²) in [5, 5.41) is 4.37. The molecule has 1 heterocycles. The van der Waals surface area contributed by atoms with Crippen molar-refractivity contribution in [2.45, 2.75) is 51.0 Å². The minimum Gasteiger partial charge on any atom is -0.358 e.